The van der Waals surface area contributed by atoms with Crippen molar-refractivity contribution in [3.8, 4) is 0 Å². The third-order valence-electron chi connectivity index (χ3n) is 3.13. The Morgan fingerprint density at radius 1 is 1.52 bits per heavy atom. The molecule has 0 aliphatic heterocycles. The molecule has 2 aromatic heterocycles. The van der Waals surface area contributed by atoms with Crippen LogP contribution in [0, 0.1) is 0 Å². The van der Waals surface area contributed by atoms with E-state index in [0.29, 0.717) is 6.54 Å². The van der Waals surface area contributed by atoms with Gasteiger partial charge in [0.1, 0.15) is 0 Å². The molecule has 1 N–H and O–H groups in total. The highest BCUT2D eigenvalue weighted by atomic mass is 35.5. The van der Waals surface area contributed by atoms with E-state index >= 15 is 0 Å². The molecule has 6 heteroatoms. The van der Waals surface area contributed by atoms with Gasteiger partial charge < -0.3 is 14.8 Å². The minimum Gasteiger partial charge on any atom is -0.357 e. The van der Waals surface area contributed by atoms with Crippen molar-refractivity contribution in [2.24, 2.45) is 12.0 Å². The molecular weight excluding hydrogens is 304 g/mol. The van der Waals surface area contributed by atoms with E-state index in [0.717, 1.165) is 29.8 Å². The molecule has 2 heterocycles. The lowest BCUT2D eigenvalue weighted by atomic mass is 10.4. The van der Waals surface area contributed by atoms with Crippen LogP contribution < -0.4 is 5.32 Å². The van der Waals surface area contributed by atoms with Crippen LogP contribution in [0.5, 0.6) is 0 Å². The lowest BCUT2D eigenvalue weighted by Gasteiger charge is -2.22. The first-order valence-corrected chi connectivity index (χ1v) is 8.18. The fourth-order valence-electron chi connectivity index (χ4n) is 2.07. The van der Waals surface area contributed by atoms with E-state index in [9.17, 15) is 0 Å². The van der Waals surface area contributed by atoms with Gasteiger partial charge in [-0.15, -0.1) is 11.3 Å². The fourth-order valence-corrected chi connectivity index (χ4v) is 2.97. The van der Waals surface area contributed by atoms with Crippen LogP contribution in [-0.4, -0.2) is 29.0 Å². The highest BCUT2D eigenvalue weighted by Crippen LogP contribution is 2.14. The summed E-state index contributed by atoms with van der Waals surface area (Å²) in [6, 6.07) is 6.15. The van der Waals surface area contributed by atoms with Crippen molar-refractivity contribution >= 4 is 28.9 Å². The maximum Gasteiger partial charge on any atom is 0.194 e. The number of rotatable bonds is 5. The molecule has 0 fully saturated rings. The number of nitrogens with one attached hydrogen (secondary N) is 1. The van der Waals surface area contributed by atoms with Crippen LogP contribution in [0.15, 0.2) is 34.8 Å². The summed E-state index contributed by atoms with van der Waals surface area (Å²) in [6.45, 7) is 4.40. The van der Waals surface area contributed by atoms with Crippen molar-refractivity contribution in [2.45, 2.75) is 20.0 Å². The summed E-state index contributed by atoms with van der Waals surface area (Å²) >= 11 is 7.76. The number of thiophene rings is 1. The van der Waals surface area contributed by atoms with E-state index in [2.05, 4.69) is 39.6 Å². The van der Waals surface area contributed by atoms with Crippen molar-refractivity contribution in [3.63, 3.8) is 0 Å². The smallest absolute Gasteiger partial charge is 0.194 e. The van der Waals surface area contributed by atoms with Crippen LogP contribution >= 0.6 is 22.9 Å². The molecule has 0 radical (unpaired) electrons. The van der Waals surface area contributed by atoms with Crippen LogP contribution in [0.25, 0.3) is 0 Å². The van der Waals surface area contributed by atoms with Crippen LogP contribution in [-0.2, 0) is 20.1 Å². The first-order chi connectivity index (χ1) is 10.1. The molecule has 0 spiro atoms. The molecule has 0 bridgehead atoms. The van der Waals surface area contributed by atoms with Gasteiger partial charge in [0.15, 0.2) is 5.96 Å². The molecule has 0 saturated heterocycles. The minimum atomic E-state index is 0.707. The molecule has 0 unspecified atom stereocenters. The lowest BCUT2D eigenvalue weighted by molar-refractivity contribution is 0.462. The molecule has 2 aromatic rings. The Kier molecular flexibility index (Phi) is 5.70. The Labute approximate surface area is 135 Å². The van der Waals surface area contributed by atoms with E-state index in [1.165, 1.54) is 4.88 Å². The zero-order chi connectivity index (χ0) is 15.2. The zero-order valence-electron chi connectivity index (χ0n) is 12.6. The monoisotopic (exact) mass is 324 g/mol. The molecule has 0 amide bonds. The molecule has 0 aliphatic carbocycles. The zero-order valence-corrected chi connectivity index (χ0v) is 14.2. The second-order valence-corrected chi connectivity index (χ2v) is 6.33. The molecule has 0 saturated carbocycles. The molecule has 0 aliphatic rings. The maximum absolute atomic E-state index is 6.03. The van der Waals surface area contributed by atoms with Crippen molar-refractivity contribution in [1.29, 1.82) is 0 Å². The molecule has 4 nitrogen and oxygen atoms in total. The van der Waals surface area contributed by atoms with E-state index < -0.39 is 0 Å². The number of hydrogen-bond donors (Lipinski definition) is 1. The molecule has 2 rings (SSSR count). The van der Waals surface area contributed by atoms with E-state index in [4.69, 9.17) is 11.6 Å². The predicted octanol–water partition coefficient (Wildman–Crippen LogP) is 3.34. The predicted molar refractivity (Wildman–Crippen MR) is 91.0 cm³/mol. The fraction of sp³-hybridized carbons (Fsp3) is 0.400. The first kappa shape index (κ1) is 15.9. The Balaban J connectivity index is 2.06. The van der Waals surface area contributed by atoms with E-state index in [1.54, 1.807) is 11.3 Å². The SMILES string of the molecule is CCNC(=NCc1cccs1)N(C)Cc1cc(Cl)cn1C. The number of halogens is 1. The van der Waals surface area contributed by atoms with Gasteiger partial charge in [0.2, 0.25) is 0 Å². The van der Waals surface area contributed by atoms with E-state index in [1.807, 2.05) is 30.9 Å². The Morgan fingerprint density at radius 3 is 2.90 bits per heavy atom. The summed E-state index contributed by atoms with van der Waals surface area (Å²) in [5, 5.41) is 6.17. The lowest BCUT2D eigenvalue weighted by Crippen LogP contribution is -2.38. The van der Waals surface area contributed by atoms with Gasteiger partial charge in [-0.3, -0.25) is 0 Å². The summed E-state index contributed by atoms with van der Waals surface area (Å²) in [6.07, 6.45) is 1.92. The second-order valence-electron chi connectivity index (χ2n) is 4.87. The maximum atomic E-state index is 6.03. The van der Waals surface area contributed by atoms with Crippen molar-refractivity contribution < 1.29 is 0 Å². The average Bonchev–Trinajstić information content (AvgIpc) is 3.05. The largest absolute Gasteiger partial charge is 0.357 e. The number of aromatic nitrogens is 1. The summed E-state index contributed by atoms with van der Waals surface area (Å²) in [5.74, 6) is 0.906. The number of guanidine groups is 1. The average molecular weight is 325 g/mol. The third kappa shape index (κ3) is 4.51. The standard InChI is InChI=1S/C15H21ClN4S/c1-4-17-15(18-9-14-6-5-7-21-14)20(3)11-13-8-12(16)10-19(13)2/h5-8,10H,4,9,11H2,1-3H3,(H,17,18). The van der Waals surface area contributed by atoms with Crippen LogP contribution in [0.4, 0.5) is 0 Å². The summed E-state index contributed by atoms with van der Waals surface area (Å²) in [5.41, 5.74) is 1.16. The second kappa shape index (κ2) is 7.52. The van der Waals surface area contributed by atoms with Gasteiger partial charge in [0, 0.05) is 37.4 Å². The molecule has 0 atom stereocenters. The number of nitrogens with zero attached hydrogens (tertiary/aromatic N) is 3. The third-order valence-corrected chi connectivity index (χ3v) is 4.20. The Morgan fingerprint density at radius 2 is 2.33 bits per heavy atom. The molecular formula is C15H21ClN4S. The van der Waals surface area contributed by atoms with Gasteiger partial charge in [-0.25, -0.2) is 4.99 Å². The Bertz CT molecular complexity index is 589. The van der Waals surface area contributed by atoms with Gasteiger partial charge in [-0.05, 0) is 24.4 Å². The van der Waals surface area contributed by atoms with Crippen molar-refractivity contribution in [1.82, 2.24) is 14.8 Å². The van der Waals surface area contributed by atoms with Gasteiger partial charge in [0.05, 0.1) is 18.1 Å². The molecule has 21 heavy (non-hydrogen) atoms. The molecule has 114 valence electrons. The topological polar surface area (TPSA) is 32.6 Å². The number of aryl methyl sites for hydroxylation is 1. The van der Waals surface area contributed by atoms with Gasteiger partial charge in [0.25, 0.3) is 0 Å². The molecule has 0 aromatic carbocycles. The van der Waals surface area contributed by atoms with E-state index in [-0.39, 0.29) is 0 Å². The quantitative estimate of drug-likeness (QED) is 0.676. The minimum absolute atomic E-state index is 0.707. The van der Waals surface area contributed by atoms with Crippen molar-refractivity contribution in [2.75, 3.05) is 13.6 Å². The summed E-state index contributed by atoms with van der Waals surface area (Å²) in [7, 11) is 4.04. The highest BCUT2D eigenvalue weighted by molar-refractivity contribution is 7.09. The van der Waals surface area contributed by atoms with Crippen molar-refractivity contribution in [3.05, 3.63) is 45.4 Å². The summed E-state index contributed by atoms with van der Waals surface area (Å²) < 4.78 is 2.04. The van der Waals surface area contributed by atoms with Gasteiger partial charge in [-0.1, -0.05) is 17.7 Å². The van der Waals surface area contributed by atoms with Gasteiger partial charge >= 0.3 is 0 Å². The van der Waals surface area contributed by atoms with Crippen LogP contribution in [0.2, 0.25) is 5.02 Å². The first-order valence-electron chi connectivity index (χ1n) is 6.92. The van der Waals surface area contributed by atoms with Crippen LogP contribution in [0.3, 0.4) is 0 Å². The number of hydrogen-bond acceptors (Lipinski definition) is 2. The summed E-state index contributed by atoms with van der Waals surface area (Å²) in [4.78, 5) is 8.07. The number of aliphatic imine (C=N–C) groups is 1. The Hall–Kier alpha value is -1.46. The highest BCUT2D eigenvalue weighted by Gasteiger charge is 2.09. The normalized spacial score (nSPS) is 11.7. The van der Waals surface area contributed by atoms with Gasteiger partial charge in [-0.2, -0.15) is 0 Å². The van der Waals surface area contributed by atoms with Crippen LogP contribution in [0.1, 0.15) is 17.5 Å².